The molecular weight excluding hydrogens is 284 g/mol. The van der Waals surface area contributed by atoms with Crippen LogP contribution in [0.15, 0.2) is 0 Å². The summed E-state index contributed by atoms with van der Waals surface area (Å²) in [6.07, 6.45) is 3.53. The molecule has 1 aromatic rings. The third-order valence-corrected chi connectivity index (χ3v) is 5.32. The van der Waals surface area contributed by atoms with Crippen molar-refractivity contribution in [3.05, 3.63) is 5.56 Å². The van der Waals surface area contributed by atoms with E-state index in [0.717, 1.165) is 36.9 Å². The van der Waals surface area contributed by atoms with Crippen molar-refractivity contribution in [3.8, 4) is 0 Å². The molecule has 1 atom stereocenters. The molecule has 1 amide bonds. The molecule has 0 spiro atoms. The first-order valence-electron chi connectivity index (χ1n) is 7.56. The van der Waals surface area contributed by atoms with Crippen LogP contribution < -0.4 is 16.0 Å². The van der Waals surface area contributed by atoms with Crippen molar-refractivity contribution in [2.75, 3.05) is 30.8 Å². The zero-order valence-electron chi connectivity index (χ0n) is 13.4. The molecule has 1 unspecified atom stereocenters. The zero-order valence-corrected chi connectivity index (χ0v) is 14.2. The Bertz CT molecular complexity index is 506. The number of rotatable bonds is 2. The molecule has 1 aromatic heterocycles. The molecule has 1 aliphatic heterocycles. The SMILES string of the molecule is CNC(=O)c1c(N)nsc1N1CCCC(C(C)(C)C)CC1. The van der Waals surface area contributed by atoms with Crippen LogP contribution in [-0.4, -0.2) is 30.4 Å². The lowest BCUT2D eigenvalue weighted by molar-refractivity contribution is 0.0964. The maximum Gasteiger partial charge on any atom is 0.257 e. The second-order valence-electron chi connectivity index (χ2n) is 6.81. The van der Waals surface area contributed by atoms with Crippen LogP contribution >= 0.6 is 11.5 Å². The number of nitrogens with zero attached hydrogens (tertiary/aromatic N) is 2. The Morgan fingerprint density at radius 2 is 2.10 bits per heavy atom. The Labute approximate surface area is 131 Å². The van der Waals surface area contributed by atoms with E-state index in [9.17, 15) is 4.79 Å². The van der Waals surface area contributed by atoms with Gasteiger partial charge in [-0.1, -0.05) is 20.8 Å². The van der Waals surface area contributed by atoms with Gasteiger partial charge in [-0.05, 0) is 42.1 Å². The Morgan fingerprint density at radius 1 is 1.38 bits per heavy atom. The number of amides is 1. The molecule has 1 fully saturated rings. The van der Waals surface area contributed by atoms with Crippen molar-refractivity contribution in [1.82, 2.24) is 9.69 Å². The first kappa shape index (κ1) is 16.1. The van der Waals surface area contributed by atoms with E-state index in [2.05, 4.69) is 35.4 Å². The summed E-state index contributed by atoms with van der Waals surface area (Å²) in [6.45, 7) is 8.88. The number of carbonyl (C=O) groups excluding carboxylic acids is 1. The monoisotopic (exact) mass is 310 g/mol. The van der Waals surface area contributed by atoms with Crippen LogP contribution in [-0.2, 0) is 0 Å². The van der Waals surface area contributed by atoms with Crippen LogP contribution in [0.3, 0.4) is 0 Å². The fraction of sp³-hybridized carbons (Fsp3) is 0.733. The van der Waals surface area contributed by atoms with Crippen LogP contribution in [0.2, 0.25) is 0 Å². The molecule has 6 heteroatoms. The summed E-state index contributed by atoms with van der Waals surface area (Å²) in [5.74, 6) is 0.912. The largest absolute Gasteiger partial charge is 0.382 e. The van der Waals surface area contributed by atoms with Gasteiger partial charge in [-0.3, -0.25) is 4.79 Å². The second kappa shape index (κ2) is 6.22. The lowest BCUT2D eigenvalue weighted by atomic mass is 9.77. The Morgan fingerprint density at radius 3 is 2.71 bits per heavy atom. The average molecular weight is 310 g/mol. The van der Waals surface area contributed by atoms with Crippen molar-refractivity contribution >= 4 is 28.3 Å². The zero-order chi connectivity index (χ0) is 15.6. The first-order valence-corrected chi connectivity index (χ1v) is 8.34. The Balaban J connectivity index is 2.18. The van der Waals surface area contributed by atoms with Gasteiger partial charge in [0.15, 0.2) is 5.82 Å². The summed E-state index contributed by atoms with van der Waals surface area (Å²) in [4.78, 5) is 14.3. The number of hydrogen-bond acceptors (Lipinski definition) is 5. The predicted molar refractivity (Wildman–Crippen MR) is 88.9 cm³/mol. The lowest BCUT2D eigenvalue weighted by Crippen LogP contribution is -2.28. The second-order valence-corrected chi connectivity index (χ2v) is 7.56. The van der Waals surface area contributed by atoms with Gasteiger partial charge in [0.05, 0.1) is 0 Å². The van der Waals surface area contributed by atoms with Gasteiger partial charge in [-0.15, -0.1) is 0 Å². The minimum Gasteiger partial charge on any atom is -0.382 e. The van der Waals surface area contributed by atoms with E-state index >= 15 is 0 Å². The molecule has 0 aliphatic carbocycles. The first-order chi connectivity index (χ1) is 9.84. The van der Waals surface area contributed by atoms with Crippen molar-refractivity contribution < 1.29 is 4.79 Å². The lowest BCUT2D eigenvalue weighted by Gasteiger charge is -2.29. The third-order valence-electron chi connectivity index (χ3n) is 4.39. The quantitative estimate of drug-likeness (QED) is 0.881. The van der Waals surface area contributed by atoms with Crippen molar-refractivity contribution in [3.63, 3.8) is 0 Å². The number of anilines is 2. The molecule has 2 heterocycles. The molecule has 5 nitrogen and oxygen atoms in total. The molecular formula is C15H26N4OS. The highest BCUT2D eigenvalue weighted by Crippen LogP contribution is 2.37. The van der Waals surface area contributed by atoms with Crippen LogP contribution in [0.25, 0.3) is 0 Å². The smallest absolute Gasteiger partial charge is 0.257 e. The molecule has 21 heavy (non-hydrogen) atoms. The number of aromatic nitrogens is 1. The van der Waals surface area contributed by atoms with Gasteiger partial charge in [0.1, 0.15) is 10.6 Å². The number of nitrogens with one attached hydrogen (secondary N) is 1. The standard InChI is InChI=1S/C15H26N4OS/c1-15(2,3)10-6-5-8-19(9-7-10)14-11(13(20)17-4)12(16)18-21-14/h10H,5-9H2,1-4H3,(H2,16,18)(H,17,20). The Hall–Kier alpha value is -1.30. The van der Waals surface area contributed by atoms with E-state index in [0.29, 0.717) is 16.8 Å². The van der Waals surface area contributed by atoms with E-state index in [1.54, 1.807) is 7.05 Å². The van der Waals surface area contributed by atoms with Gasteiger partial charge in [0, 0.05) is 20.1 Å². The van der Waals surface area contributed by atoms with E-state index in [-0.39, 0.29) is 5.91 Å². The van der Waals surface area contributed by atoms with Crippen molar-refractivity contribution in [2.24, 2.45) is 11.3 Å². The van der Waals surface area contributed by atoms with Gasteiger partial charge >= 0.3 is 0 Å². The molecule has 118 valence electrons. The van der Waals surface area contributed by atoms with Gasteiger partial charge in [-0.2, -0.15) is 4.37 Å². The van der Waals surface area contributed by atoms with Crippen LogP contribution in [0, 0.1) is 11.3 Å². The Kier molecular flexibility index (Phi) is 4.76. The molecule has 0 radical (unpaired) electrons. The fourth-order valence-corrected chi connectivity index (χ4v) is 3.88. The summed E-state index contributed by atoms with van der Waals surface area (Å²) >= 11 is 1.33. The maximum absolute atomic E-state index is 12.0. The summed E-state index contributed by atoms with van der Waals surface area (Å²) in [7, 11) is 1.63. The summed E-state index contributed by atoms with van der Waals surface area (Å²) in [5.41, 5.74) is 6.75. The van der Waals surface area contributed by atoms with E-state index in [1.807, 2.05) is 0 Å². The van der Waals surface area contributed by atoms with Gasteiger partial charge in [0.25, 0.3) is 5.91 Å². The minimum atomic E-state index is -0.145. The molecule has 0 saturated carbocycles. The van der Waals surface area contributed by atoms with Gasteiger partial charge in [0.2, 0.25) is 0 Å². The van der Waals surface area contributed by atoms with Crippen molar-refractivity contribution in [1.29, 1.82) is 0 Å². The highest BCUT2D eigenvalue weighted by atomic mass is 32.1. The fourth-order valence-electron chi connectivity index (χ4n) is 3.01. The maximum atomic E-state index is 12.0. The normalized spacial score (nSPS) is 20.2. The van der Waals surface area contributed by atoms with Crippen LogP contribution in [0.4, 0.5) is 10.8 Å². The number of hydrogen-bond donors (Lipinski definition) is 2. The number of carbonyl (C=O) groups is 1. The third kappa shape index (κ3) is 3.48. The molecule has 3 N–H and O–H groups in total. The summed E-state index contributed by atoms with van der Waals surface area (Å²) in [6, 6.07) is 0. The highest BCUT2D eigenvalue weighted by Gasteiger charge is 2.29. The summed E-state index contributed by atoms with van der Waals surface area (Å²) in [5, 5.41) is 3.58. The van der Waals surface area contributed by atoms with Gasteiger partial charge in [-0.25, -0.2) is 0 Å². The average Bonchev–Trinajstić information content (AvgIpc) is 2.65. The van der Waals surface area contributed by atoms with Crippen LogP contribution in [0.1, 0.15) is 50.4 Å². The highest BCUT2D eigenvalue weighted by molar-refractivity contribution is 7.11. The minimum absolute atomic E-state index is 0.145. The molecule has 0 aromatic carbocycles. The number of nitrogens with two attached hydrogens (primary N) is 1. The molecule has 2 rings (SSSR count). The molecule has 1 aliphatic rings. The van der Waals surface area contributed by atoms with Crippen molar-refractivity contribution in [2.45, 2.75) is 40.0 Å². The van der Waals surface area contributed by atoms with E-state index < -0.39 is 0 Å². The molecule has 1 saturated heterocycles. The van der Waals surface area contributed by atoms with Crippen LogP contribution in [0.5, 0.6) is 0 Å². The van der Waals surface area contributed by atoms with Gasteiger partial charge < -0.3 is 16.0 Å². The topological polar surface area (TPSA) is 71.2 Å². The van der Waals surface area contributed by atoms with E-state index in [4.69, 9.17) is 5.73 Å². The summed E-state index contributed by atoms with van der Waals surface area (Å²) < 4.78 is 4.18. The number of nitrogen functional groups attached to an aromatic ring is 1. The predicted octanol–water partition coefficient (Wildman–Crippen LogP) is 2.74. The van der Waals surface area contributed by atoms with E-state index in [1.165, 1.54) is 18.0 Å². The molecule has 0 bridgehead atoms.